The van der Waals surface area contributed by atoms with Gasteiger partial charge in [-0.1, -0.05) is 0 Å². The van der Waals surface area contributed by atoms with Crippen molar-refractivity contribution in [1.29, 1.82) is 0 Å². The van der Waals surface area contributed by atoms with Gasteiger partial charge in [-0.3, -0.25) is 0 Å². The van der Waals surface area contributed by atoms with Gasteiger partial charge in [-0.15, -0.1) is 0 Å². The number of rotatable bonds is 13. The number of hydrazone groups is 1. The van der Waals surface area contributed by atoms with Crippen LogP contribution in [0.4, 0.5) is 0 Å². The maximum atomic E-state index is 14.3. The summed E-state index contributed by atoms with van der Waals surface area (Å²) in [5.41, 5.74) is 14.1. The quantitative estimate of drug-likeness (QED) is 0.118. The number of hydrogen-bond donors (Lipinski definition) is 3. The first-order valence-corrected chi connectivity index (χ1v) is 13.6. The van der Waals surface area contributed by atoms with Crippen molar-refractivity contribution in [3.05, 3.63) is 112 Å². The molecule has 0 saturated heterocycles. The molecular formula is C28H32AsN5O5. The fourth-order valence-electron chi connectivity index (χ4n) is 4.42. The fraction of sp³-hybridized carbons (Fsp3) is 0.250. The summed E-state index contributed by atoms with van der Waals surface area (Å²) in [6.45, 7) is 0.0985. The normalized spacial score (nSPS) is 13.1. The summed E-state index contributed by atoms with van der Waals surface area (Å²) in [6.07, 6.45) is 0.510. The predicted molar refractivity (Wildman–Crippen MR) is 151 cm³/mol. The summed E-state index contributed by atoms with van der Waals surface area (Å²) in [4.78, 5) is 39.3. The second-order valence-electron chi connectivity index (χ2n) is 9.03. The number of phenols is 1. The van der Waals surface area contributed by atoms with Gasteiger partial charge in [0.15, 0.2) is 0 Å². The zero-order chi connectivity index (χ0) is 28.4. The number of benzene rings is 3. The number of para-hydroxylation sites is 1. The van der Waals surface area contributed by atoms with Crippen molar-refractivity contribution in [2.24, 2.45) is 16.6 Å². The molecule has 204 valence electrons. The Balaban J connectivity index is 2.00. The van der Waals surface area contributed by atoms with Gasteiger partial charge >= 0.3 is 236 Å². The number of nitrogens with zero attached hydrogens (tertiary/aromatic N) is 3. The maximum absolute atomic E-state index is 14.3. The van der Waals surface area contributed by atoms with Gasteiger partial charge in [0, 0.05) is 0 Å². The summed E-state index contributed by atoms with van der Waals surface area (Å²) in [7, 11) is 0. The van der Waals surface area contributed by atoms with E-state index in [4.69, 9.17) is 11.5 Å². The number of aromatic hydroxyl groups is 1. The van der Waals surface area contributed by atoms with Crippen LogP contribution in [0.3, 0.4) is 0 Å². The Morgan fingerprint density at radius 2 is 1.49 bits per heavy atom. The zero-order valence-corrected chi connectivity index (χ0v) is 23.7. The summed E-state index contributed by atoms with van der Waals surface area (Å²) >= 11 is 0.916. The van der Waals surface area contributed by atoms with E-state index in [0.717, 1.165) is 28.0 Å². The number of phenolic OH excluding ortho intramolecular Hbond substituents is 1. The van der Waals surface area contributed by atoms with E-state index in [9.17, 15) is 24.8 Å². The zero-order valence-electron chi connectivity index (χ0n) is 21.3. The van der Waals surface area contributed by atoms with Crippen LogP contribution in [0.5, 0.6) is 5.75 Å². The molecule has 2 amide bonds. The van der Waals surface area contributed by atoms with E-state index in [0.29, 0.717) is 5.56 Å². The Kier molecular flexibility index (Phi) is 10.8. The SMILES string of the molecule is NC(=O)[C@H](CCC(N)C([AsH2])=N[N+](=O)[O-])N(CCc1ccccc1O)C(=O)C(c1ccccc1)c1ccccc1. The summed E-state index contributed by atoms with van der Waals surface area (Å²) < 4.78 is 0.161. The summed E-state index contributed by atoms with van der Waals surface area (Å²) in [5, 5.41) is 23.6. The van der Waals surface area contributed by atoms with Gasteiger partial charge in [0.25, 0.3) is 0 Å². The van der Waals surface area contributed by atoms with Gasteiger partial charge in [-0.2, -0.15) is 0 Å². The van der Waals surface area contributed by atoms with Crippen molar-refractivity contribution in [3.8, 4) is 5.75 Å². The van der Waals surface area contributed by atoms with Crippen LogP contribution in [-0.2, 0) is 16.0 Å². The first-order valence-electron chi connectivity index (χ1n) is 12.4. The number of primary amides is 1. The molecule has 0 saturated carbocycles. The van der Waals surface area contributed by atoms with Crippen LogP contribution < -0.4 is 11.5 Å². The molecule has 0 aliphatic carbocycles. The van der Waals surface area contributed by atoms with Crippen molar-refractivity contribution >= 4 is 33.2 Å². The Morgan fingerprint density at radius 3 is 2.00 bits per heavy atom. The third-order valence-electron chi connectivity index (χ3n) is 6.44. The van der Waals surface area contributed by atoms with E-state index in [-0.39, 0.29) is 42.0 Å². The summed E-state index contributed by atoms with van der Waals surface area (Å²) in [6, 6.07) is 23.5. The van der Waals surface area contributed by atoms with Crippen LogP contribution in [0, 0.1) is 10.1 Å². The second kappa shape index (κ2) is 14.2. The van der Waals surface area contributed by atoms with Crippen LogP contribution in [0.15, 0.2) is 90.0 Å². The topological polar surface area (TPSA) is 165 Å². The minimum atomic E-state index is -1.04. The molecule has 10 nitrogen and oxygen atoms in total. The van der Waals surface area contributed by atoms with Crippen molar-refractivity contribution in [2.75, 3.05) is 6.54 Å². The molecule has 3 aromatic rings. The van der Waals surface area contributed by atoms with Crippen molar-refractivity contribution in [1.82, 2.24) is 4.90 Å². The number of nitrogens with two attached hydrogens (primary N) is 2. The number of nitro groups is 1. The molecule has 0 radical (unpaired) electrons. The minimum absolute atomic E-state index is 0.0825. The Labute approximate surface area is 235 Å². The Bertz CT molecular complexity index is 1270. The number of carbonyl (C=O) groups excluding carboxylic acids is 2. The molecule has 5 N–H and O–H groups in total. The molecule has 0 aromatic heterocycles. The molecule has 0 heterocycles. The van der Waals surface area contributed by atoms with Crippen molar-refractivity contribution < 1.29 is 19.7 Å². The van der Waals surface area contributed by atoms with E-state index < -0.39 is 28.9 Å². The Morgan fingerprint density at radius 1 is 0.949 bits per heavy atom. The van der Waals surface area contributed by atoms with E-state index in [2.05, 4.69) is 5.10 Å². The molecule has 0 spiro atoms. The first-order chi connectivity index (χ1) is 18.7. The molecule has 3 aromatic carbocycles. The number of hydrogen-bond acceptors (Lipinski definition) is 6. The number of amides is 2. The van der Waals surface area contributed by atoms with E-state index in [1.54, 1.807) is 24.3 Å². The van der Waals surface area contributed by atoms with Crippen LogP contribution in [-0.4, -0.2) is 66.8 Å². The molecular weight excluding hydrogens is 561 g/mol. The molecule has 3 rings (SSSR count). The average molecular weight is 594 g/mol. The van der Waals surface area contributed by atoms with Crippen LogP contribution in [0.2, 0.25) is 0 Å². The average Bonchev–Trinajstić information content (AvgIpc) is 2.92. The van der Waals surface area contributed by atoms with E-state index in [1.165, 1.54) is 4.90 Å². The molecule has 0 aliphatic heterocycles. The van der Waals surface area contributed by atoms with Crippen LogP contribution in [0.25, 0.3) is 0 Å². The van der Waals surface area contributed by atoms with Gasteiger partial charge in [0.2, 0.25) is 0 Å². The molecule has 11 heteroatoms. The van der Waals surface area contributed by atoms with Crippen molar-refractivity contribution in [2.45, 2.75) is 37.3 Å². The predicted octanol–water partition coefficient (Wildman–Crippen LogP) is 1.78. The molecule has 0 fully saturated rings. The Hall–Kier alpha value is -4.01. The van der Waals surface area contributed by atoms with Gasteiger partial charge in [-0.25, -0.2) is 0 Å². The monoisotopic (exact) mass is 593 g/mol. The third-order valence-corrected chi connectivity index (χ3v) is 7.58. The fourth-order valence-corrected chi connectivity index (χ4v) is 4.97. The number of carbonyl (C=O) groups is 2. The van der Waals surface area contributed by atoms with E-state index in [1.807, 2.05) is 60.7 Å². The first kappa shape index (κ1) is 29.5. The molecule has 2 unspecified atom stereocenters. The van der Waals surface area contributed by atoms with Crippen LogP contribution >= 0.6 is 0 Å². The van der Waals surface area contributed by atoms with Gasteiger partial charge in [-0.05, 0) is 0 Å². The second-order valence-corrected chi connectivity index (χ2v) is 10.3. The standard InChI is InChI=1S/C28H32AsN5O5/c29-26(32-34(38)39)22(30)15-16-23(27(31)36)33(18-17-19-9-7-8-14-24(19)35)28(37)25(20-10-3-1-4-11-20)21-12-5-2-6-13-21/h1-14,22-23,25,35H,15-18,29-30H2,(H2,31,36)/t22?,23-/m0/s1. The van der Waals surface area contributed by atoms with Crippen molar-refractivity contribution in [3.63, 3.8) is 0 Å². The third kappa shape index (κ3) is 8.23. The van der Waals surface area contributed by atoms with Crippen LogP contribution in [0.1, 0.15) is 35.4 Å². The molecule has 39 heavy (non-hydrogen) atoms. The molecule has 3 atom stereocenters. The van der Waals surface area contributed by atoms with Gasteiger partial charge < -0.3 is 0 Å². The summed E-state index contributed by atoms with van der Waals surface area (Å²) in [5.74, 6) is -1.69. The van der Waals surface area contributed by atoms with Gasteiger partial charge in [0.05, 0.1) is 0 Å². The molecule has 0 bridgehead atoms. The van der Waals surface area contributed by atoms with Gasteiger partial charge in [0.1, 0.15) is 0 Å². The molecule has 0 aliphatic rings. The van der Waals surface area contributed by atoms with E-state index >= 15 is 0 Å².